The van der Waals surface area contributed by atoms with Crippen molar-refractivity contribution in [3.8, 4) is 0 Å². The molecule has 0 aliphatic carbocycles. The highest BCUT2D eigenvalue weighted by molar-refractivity contribution is 6.04. The average molecular weight is 249 g/mol. The lowest BCUT2D eigenvalue weighted by molar-refractivity contribution is 0.0689. The minimum atomic E-state index is -1.10. The maximum absolute atomic E-state index is 11.9. The zero-order valence-corrected chi connectivity index (χ0v) is 9.89. The molecule has 1 fully saturated rings. The van der Waals surface area contributed by atoms with E-state index >= 15 is 0 Å². The Balaban J connectivity index is 2.01. The Bertz CT molecular complexity index is 452. The molecule has 0 radical (unpaired) electrons. The van der Waals surface area contributed by atoms with Crippen molar-refractivity contribution in [3.05, 3.63) is 35.4 Å². The van der Waals surface area contributed by atoms with Crippen molar-refractivity contribution in [1.82, 2.24) is 5.32 Å². The number of nitrogens with one attached hydrogen (secondary N) is 1. The van der Waals surface area contributed by atoms with Gasteiger partial charge in [0.15, 0.2) is 0 Å². The monoisotopic (exact) mass is 249 g/mol. The SMILES string of the molecule is O=C(O)c1ccccc1C(=O)NCC1CCCO1. The molecule has 5 heteroatoms. The van der Waals surface area contributed by atoms with Crippen molar-refractivity contribution in [3.63, 3.8) is 0 Å². The van der Waals surface area contributed by atoms with Crippen LogP contribution in [0.4, 0.5) is 0 Å². The Morgan fingerprint density at radius 2 is 2.06 bits per heavy atom. The second kappa shape index (κ2) is 5.64. The van der Waals surface area contributed by atoms with Gasteiger partial charge in [-0.2, -0.15) is 0 Å². The zero-order valence-electron chi connectivity index (χ0n) is 9.89. The van der Waals surface area contributed by atoms with Crippen molar-refractivity contribution in [2.45, 2.75) is 18.9 Å². The number of carboxylic acid groups (broad SMARTS) is 1. The van der Waals surface area contributed by atoms with Crippen LogP contribution in [0.2, 0.25) is 0 Å². The molecule has 0 spiro atoms. The summed E-state index contributed by atoms with van der Waals surface area (Å²) in [6.07, 6.45) is 1.98. The second-order valence-corrected chi connectivity index (χ2v) is 4.20. The van der Waals surface area contributed by atoms with Gasteiger partial charge in [0.1, 0.15) is 0 Å². The van der Waals surface area contributed by atoms with E-state index in [9.17, 15) is 9.59 Å². The summed E-state index contributed by atoms with van der Waals surface area (Å²) in [4.78, 5) is 22.9. The van der Waals surface area contributed by atoms with Crippen LogP contribution in [0.5, 0.6) is 0 Å². The summed E-state index contributed by atoms with van der Waals surface area (Å²) in [6, 6.07) is 6.17. The third-order valence-corrected chi connectivity index (χ3v) is 2.92. The van der Waals surface area contributed by atoms with Gasteiger partial charge in [0, 0.05) is 13.2 Å². The number of hydrogen-bond donors (Lipinski definition) is 2. The zero-order chi connectivity index (χ0) is 13.0. The van der Waals surface area contributed by atoms with Crippen LogP contribution >= 0.6 is 0 Å². The van der Waals surface area contributed by atoms with E-state index in [0.717, 1.165) is 19.4 Å². The normalized spacial score (nSPS) is 18.6. The smallest absolute Gasteiger partial charge is 0.336 e. The van der Waals surface area contributed by atoms with Gasteiger partial charge in [-0.3, -0.25) is 4.79 Å². The van der Waals surface area contributed by atoms with Crippen molar-refractivity contribution < 1.29 is 19.4 Å². The van der Waals surface area contributed by atoms with E-state index in [1.54, 1.807) is 12.1 Å². The molecule has 0 saturated carbocycles. The van der Waals surface area contributed by atoms with E-state index in [-0.39, 0.29) is 23.1 Å². The summed E-state index contributed by atoms with van der Waals surface area (Å²) in [5.41, 5.74) is 0.199. The quantitative estimate of drug-likeness (QED) is 0.843. The molecule has 2 rings (SSSR count). The lowest BCUT2D eigenvalue weighted by atomic mass is 10.1. The van der Waals surface area contributed by atoms with Gasteiger partial charge in [0.2, 0.25) is 0 Å². The summed E-state index contributed by atoms with van der Waals surface area (Å²) < 4.78 is 5.39. The molecule has 1 amide bonds. The van der Waals surface area contributed by atoms with Crippen LogP contribution < -0.4 is 5.32 Å². The maximum atomic E-state index is 11.9. The number of carboxylic acids is 1. The van der Waals surface area contributed by atoms with E-state index in [4.69, 9.17) is 9.84 Å². The number of carbonyl (C=O) groups is 2. The van der Waals surface area contributed by atoms with Gasteiger partial charge >= 0.3 is 5.97 Å². The van der Waals surface area contributed by atoms with Crippen molar-refractivity contribution in [1.29, 1.82) is 0 Å². The topological polar surface area (TPSA) is 75.6 Å². The fraction of sp³-hybridized carbons (Fsp3) is 0.385. The van der Waals surface area contributed by atoms with Crippen LogP contribution in [0.25, 0.3) is 0 Å². The Hall–Kier alpha value is -1.88. The molecule has 2 N–H and O–H groups in total. The van der Waals surface area contributed by atoms with Crippen LogP contribution in [0.15, 0.2) is 24.3 Å². The maximum Gasteiger partial charge on any atom is 0.336 e. The predicted octanol–water partition coefficient (Wildman–Crippen LogP) is 1.29. The predicted molar refractivity (Wildman–Crippen MR) is 64.7 cm³/mol. The van der Waals surface area contributed by atoms with Crippen LogP contribution in [0.1, 0.15) is 33.6 Å². The number of aromatic carboxylic acids is 1. The third kappa shape index (κ3) is 2.87. The summed E-state index contributed by atoms with van der Waals surface area (Å²) in [5.74, 6) is -1.47. The van der Waals surface area contributed by atoms with E-state index in [0.29, 0.717) is 6.54 Å². The first-order chi connectivity index (χ1) is 8.68. The molecule has 96 valence electrons. The van der Waals surface area contributed by atoms with Crippen LogP contribution in [0.3, 0.4) is 0 Å². The van der Waals surface area contributed by atoms with Crippen molar-refractivity contribution in [2.75, 3.05) is 13.2 Å². The fourth-order valence-corrected chi connectivity index (χ4v) is 1.97. The van der Waals surface area contributed by atoms with Gasteiger partial charge < -0.3 is 15.2 Å². The highest BCUT2D eigenvalue weighted by Gasteiger charge is 2.19. The highest BCUT2D eigenvalue weighted by Crippen LogP contribution is 2.12. The summed E-state index contributed by atoms with van der Waals surface area (Å²) in [7, 11) is 0. The molecule has 18 heavy (non-hydrogen) atoms. The number of ether oxygens (including phenoxy) is 1. The standard InChI is InChI=1S/C13H15NO4/c15-12(14-8-9-4-3-7-18-9)10-5-1-2-6-11(10)13(16)17/h1-2,5-6,9H,3-4,7-8H2,(H,14,15)(H,16,17). The van der Waals surface area contributed by atoms with Crippen LogP contribution in [-0.2, 0) is 4.74 Å². The van der Waals surface area contributed by atoms with E-state index in [2.05, 4.69) is 5.32 Å². The van der Waals surface area contributed by atoms with Crippen molar-refractivity contribution in [2.24, 2.45) is 0 Å². The molecule has 1 aromatic carbocycles. The highest BCUT2D eigenvalue weighted by atomic mass is 16.5. The van der Waals surface area contributed by atoms with E-state index in [1.807, 2.05) is 0 Å². The Morgan fingerprint density at radius 1 is 1.33 bits per heavy atom. The Labute approximate surface area is 105 Å². The van der Waals surface area contributed by atoms with Gasteiger partial charge in [-0.1, -0.05) is 12.1 Å². The lowest BCUT2D eigenvalue weighted by Gasteiger charge is -2.11. The number of hydrogen-bond acceptors (Lipinski definition) is 3. The first-order valence-electron chi connectivity index (χ1n) is 5.90. The van der Waals surface area contributed by atoms with Crippen molar-refractivity contribution >= 4 is 11.9 Å². The molecule has 5 nitrogen and oxygen atoms in total. The Kier molecular flexibility index (Phi) is 3.94. The molecular formula is C13H15NO4. The van der Waals surface area contributed by atoms with E-state index in [1.165, 1.54) is 12.1 Å². The summed E-state index contributed by atoms with van der Waals surface area (Å²) in [5, 5.41) is 11.7. The minimum Gasteiger partial charge on any atom is -0.478 e. The van der Waals surface area contributed by atoms with Gasteiger partial charge in [-0.05, 0) is 25.0 Å². The summed E-state index contributed by atoms with van der Waals surface area (Å²) in [6.45, 7) is 1.15. The van der Waals surface area contributed by atoms with Crippen LogP contribution in [-0.4, -0.2) is 36.2 Å². The molecule has 1 aromatic rings. The molecule has 0 bridgehead atoms. The third-order valence-electron chi connectivity index (χ3n) is 2.92. The van der Waals surface area contributed by atoms with Gasteiger partial charge in [-0.25, -0.2) is 4.79 Å². The molecule has 1 atom stereocenters. The molecular weight excluding hydrogens is 234 g/mol. The fourth-order valence-electron chi connectivity index (χ4n) is 1.97. The average Bonchev–Trinajstić information content (AvgIpc) is 2.89. The molecule has 1 aliphatic heterocycles. The van der Waals surface area contributed by atoms with E-state index < -0.39 is 5.97 Å². The summed E-state index contributed by atoms with van der Waals surface area (Å²) >= 11 is 0. The van der Waals surface area contributed by atoms with Gasteiger partial charge in [-0.15, -0.1) is 0 Å². The minimum absolute atomic E-state index is 0.0161. The number of rotatable bonds is 4. The van der Waals surface area contributed by atoms with Gasteiger partial charge in [0.25, 0.3) is 5.91 Å². The molecule has 0 aromatic heterocycles. The lowest BCUT2D eigenvalue weighted by Crippen LogP contribution is -2.32. The number of amides is 1. The Morgan fingerprint density at radius 3 is 2.67 bits per heavy atom. The number of carbonyl (C=O) groups excluding carboxylic acids is 1. The molecule has 1 aliphatic rings. The second-order valence-electron chi connectivity index (χ2n) is 4.20. The first kappa shape index (κ1) is 12.6. The largest absolute Gasteiger partial charge is 0.478 e. The first-order valence-corrected chi connectivity index (χ1v) is 5.90. The van der Waals surface area contributed by atoms with Crippen LogP contribution in [0, 0.1) is 0 Å². The molecule has 1 unspecified atom stereocenters. The molecule has 1 heterocycles. The molecule has 1 saturated heterocycles. The van der Waals surface area contributed by atoms with Gasteiger partial charge in [0.05, 0.1) is 17.2 Å². The number of benzene rings is 1.